The molecule has 5 nitrogen and oxygen atoms in total. The second-order valence-electron chi connectivity index (χ2n) is 6.57. The van der Waals surface area contributed by atoms with Crippen LogP contribution in [0.2, 0.25) is 0 Å². The van der Waals surface area contributed by atoms with Crippen LogP contribution >= 0.6 is 15.9 Å². The Bertz CT molecular complexity index is 956. The van der Waals surface area contributed by atoms with E-state index in [1.165, 1.54) is 17.7 Å². The maximum atomic E-state index is 13.9. The molecule has 1 amide bonds. The first-order valence-electron chi connectivity index (χ1n) is 8.50. The van der Waals surface area contributed by atoms with Crippen molar-refractivity contribution in [3.63, 3.8) is 0 Å². The van der Waals surface area contributed by atoms with Crippen molar-refractivity contribution < 1.29 is 9.18 Å². The number of carbonyl (C=O) groups is 1. The summed E-state index contributed by atoms with van der Waals surface area (Å²) in [4.78, 5) is 21.9. The molecule has 0 saturated carbocycles. The summed E-state index contributed by atoms with van der Waals surface area (Å²) < 4.78 is 14.1. The van der Waals surface area contributed by atoms with Crippen LogP contribution in [-0.2, 0) is 0 Å². The average Bonchev–Trinajstić information content (AvgIpc) is 3.14. The number of H-pyrrole nitrogens is 1. The van der Waals surface area contributed by atoms with Crippen LogP contribution in [0.1, 0.15) is 34.7 Å². The van der Waals surface area contributed by atoms with E-state index in [2.05, 4.69) is 32.0 Å². The molecule has 3 aromatic rings. The van der Waals surface area contributed by atoms with Crippen molar-refractivity contribution >= 4 is 38.6 Å². The number of hydrogen-bond acceptors (Lipinski definition) is 3. The van der Waals surface area contributed by atoms with E-state index >= 15 is 0 Å². The molecule has 1 saturated heterocycles. The molecule has 0 aliphatic carbocycles. The summed E-state index contributed by atoms with van der Waals surface area (Å²) in [5.74, 6) is -0.315. The number of rotatable bonds is 2. The SMILES string of the molecule is Nc1cc(C(=O)N2CCC(c3ccnc4[nH]ccc34)CC2)cc(F)c1Br. The van der Waals surface area contributed by atoms with E-state index in [0.29, 0.717) is 24.6 Å². The lowest BCUT2D eigenvalue weighted by Gasteiger charge is -2.32. The molecule has 1 aliphatic heterocycles. The van der Waals surface area contributed by atoms with E-state index < -0.39 is 5.82 Å². The van der Waals surface area contributed by atoms with E-state index in [4.69, 9.17) is 5.73 Å². The minimum Gasteiger partial charge on any atom is -0.398 e. The van der Waals surface area contributed by atoms with Gasteiger partial charge in [-0.25, -0.2) is 9.37 Å². The van der Waals surface area contributed by atoms with Gasteiger partial charge in [0.1, 0.15) is 11.5 Å². The zero-order valence-corrected chi connectivity index (χ0v) is 15.6. The molecule has 0 spiro atoms. The van der Waals surface area contributed by atoms with Gasteiger partial charge in [-0.2, -0.15) is 0 Å². The van der Waals surface area contributed by atoms with Crippen molar-refractivity contribution in [3.05, 3.63) is 58.1 Å². The molecule has 3 heterocycles. The number of amides is 1. The number of benzene rings is 1. The number of fused-ring (bicyclic) bond motifs is 1. The number of nitrogen functional groups attached to an aromatic ring is 1. The van der Waals surface area contributed by atoms with Gasteiger partial charge in [0.25, 0.3) is 5.91 Å². The van der Waals surface area contributed by atoms with Crippen LogP contribution in [0.3, 0.4) is 0 Å². The Balaban J connectivity index is 1.50. The van der Waals surface area contributed by atoms with Crippen LogP contribution < -0.4 is 5.73 Å². The lowest BCUT2D eigenvalue weighted by molar-refractivity contribution is 0.0713. The average molecular weight is 417 g/mol. The monoisotopic (exact) mass is 416 g/mol. The first-order chi connectivity index (χ1) is 12.5. The second kappa shape index (κ2) is 6.72. The normalized spacial score (nSPS) is 15.5. The van der Waals surface area contributed by atoms with E-state index in [0.717, 1.165) is 23.9 Å². The summed E-state index contributed by atoms with van der Waals surface area (Å²) in [6.45, 7) is 1.27. The molecule has 2 aromatic heterocycles. The van der Waals surface area contributed by atoms with Crippen molar-refractivity contribution in [1.82, 2.24) is 14.9 Å². The Morgan fingerprint density at radius 3 is 2.81 bits per heavy atom. The predicted octanol–water partition coefficient (Wildman–Crippen LogP) is 4.07. The highest BCUT2D eigenvalue weighted by Crippen LogP contribution is 2.33. The Labute approximate surface area is 158 Å². The first-order valence-corrected chi connectivity index (χ1v) is 9.29. The molecule has 1 fully saturated rings. The van der Waals surface area contributed by atoms with Gasteiger partial charge in [-0.05, 0) is 64.5 Å². The summed E-state index contributed by atoms with van der Waals surface area (Å²) in [6.07, 6.45) is 5.44. The van der Waals surface area contributed by atoms with Crippen LogP contribution in [-0.4, -0.2) is 33.9 Å². The molecule has 0 atom stereocenters. The number of nitrogens with zero attached hydrogens (tertiary/aromatic N) is 2. The van der Waals surface area contributed by atoms with Gasteiger partial charge in [0.05, 0.1) is 4.47 Å². The molecule has 26 heavy (non-hydrogen) atoms. The Morgan fingerprint density at radius 1 is 1.31 bits per heavy atom. The molecule has 0 radical (unpaired) electrons. The van der Waals surface area contributed by atoms with Crippen LogP contribution in [0.4, 0.5) is 10.1 Å². The Hall–Kier alpha value is -2.41. The third-order valence-corrected chi connectivity index (χ3v) is 5.86. The largest absolute Gasteiger partial charge is 0.398 e. The molecule has 4 rings (SSSR count). The van der Waals surface area contributed by atoms with Gasteiger partial charge in [0.2, 0.25) is 0 Å². The summed E-state index contributed by atoms with van der Waals surface area (Å²) >= 11 is 3.08. The quantitative estimate of drug-likeness (QED) is 0.618. The fourth-order valence-electron chi connectivity index (χ4n) is 3.65. The standard InChI is InChI=1S/C19H18BrFN4O/c20-17-15(21)9-12(10-16(17)22)19(26)25-7-3-11(4-8-25)13-1-5-23-18-14(13)2-6-24-18/h1-2,5-6,9-11H,3-4,7-8,22H2,(H,23,24). The number of nitrogens with one attached hydrogen (secondary N) is 1. The molecule has 3 N–H and O–H groups in total. The van der Waals surface area contributed by atoms with E-state index in [9.17, 15) is 9.18 Å². The lowest BCUT2D eigenvalue weighted by atomic mass is 9.88. The van der Waals surface area contributed by atoms with Crippen molar-refractivity contribution in [2.24, 2.45) is 0 Å². The molecule has 7 heteroatoms. The summed E-state index contributed by atoms with van der Waals surface area (Å²) in [6, 6.07) is 6.86. The van der Waals surface area contributed by atoms with Gasteiger partial charge in [-0.15, -0.1) is 0 Å². The highest BCUT2D eigenvalue weighted by atomic mass is 79.9. The van der Waals surface area contributed by atoms with E-state index in [-0.39, 0.29) is 16.1 Å². The number of carbonyl (C=O) groups excluding carboxylic acids is 1. The highest BCUT2D eigenvalue weighted by molar-refractivity contribution is 9.10. The Kier molecular flexibility index (Phi) is 4.40. The predicted molar refractivity (Wildman–Crippen MR) is 102 cm³/mol. The number of aromatic amines is 1. The molecule has 0 unspecified atom stereocenters. The number of halogens is 2. The van der Waals surface area contributed by atoms with Gasteiger partial charge in [-0.1, -0.05) is 0 Å². The van der Waals surface area contributed by atoms with E-state index in [1.54, 1.807) is 4.90 Å². The van der Waals surface area contributed by atoms with Crippen LogP contribution in [0.25, 0.3) is 11.0 Å². The summed E-state index contributed by atoms with van der Waals surface area (Å²) in [5, 5.41) is 1.14. The van der Waals surface area contributed by atoms with Gasteiger partial charge >= 0.3 is 0 Å². The molecule has 134 valence electrons. The molecular weight excluding hydrogens is 399 g/mol. The van der Waals surface area contributed by atoms with E-state index in [1.807, 2.05) is 18.5 Å². The van der Waals surface area contributed by atoms with Crippen LogP contribution in [0.5, 0.6) is 0 Å². The second-order valence-corrected chi connectivity index (χ2v) is 7.36. The minimum atomic E-state index is -0.519. The van der Waals surface area contributed by atoms with Gasteiger partial charge in [0.15, 0.2) is 0 Å². The minimum absolute atomic E-state index is 0.178. The first kappa shape index (κ1) is 17.0. The number of aromatic nitrogens is 2. The number of likely N-dealkylation sites (tertiary alicyclic amines) is 1. The molecule has 1 aromatic carbocycles. The zero-order chi connectivity index (χ0) is 18.3. The van der Waals surface area contributed by atoms with Crippen LogP contribution in [0.15, 0.2) is 41.1 Å². The number of piperidine rings is 1. The third-order valence-electron chi connectivity index (χ3n) is 5.02. The highest BCUT2D eigenvalue weighted by Gasteiger charge is 2.26. The fraction of sp³-hybridized carbons (Fsp3) is 0.263. The maximum absolute atomic E-state index is 13.9. The van der Waals surface area contributed by atoms with Crippen molar-refractivity contribution in [2.75, 3.05) is 18.8 Å². The van der Waals surface area contributed by atoms with Gasteiger partial charge < -0.3 is 15.6 Å². The zero-order valence-electron chi connectivity index (χ0n) is 14.0. The smallest absolute Gasteiger partial charge is 0.254 e. The number of pyridine rings is 1. The van der Waals surface area contributed by atoms with Gasteiger partial charge in [0, 0.05) is 42.1 Å². The number of hydrogen-bond donors (Lipinski definition) is 2. The summed E-state index contributed by atoms with van der Waals surface area (Å²) in [7, 11) is 0. The third kappa shape index (κ3) is 2.96. The van der Waals surface area contributed by atoms with Crippen molar-refractivity contribution in [1.29, 1.82) is 0 Å². The topological polar surface area (TPSA) is 75.0 Å². The van der Waals surface area contributed by atoms with Crippen LogP contribution in [0, 0.1) is 5.82 Å². The van der Waals surface area contributed by atoms with Crippen molar-refractivity contribution in [2.45, 2.75) is 18.8 Å². The molecule has 1 aliphatic rings. The molecular formula is C19H18BrFN4O. The number of nitrogens with two attached hydrogens (primary N) is 1. The Morgan fingerprint density at radius 2 is 2.08 bits per heavy atom. The maximum Gasteiger partial charge on any atom is 0.254 e. The lowest BCUT2D eigenvalue weighted by Crippen LogP contribution is -2.38. The van der Waals surface area contributed by atoms with Crippen molar-refractivity contribution in [3.8, 4) is 0 Å². The summed E-state index contributed by atoms with van der Waals surface area (Å²) in [5.41, 5.74) is 8.44. The van der Waals surface area contributed by atoms with Gasteiger partial charge in [-0.3, -0.25) is 4.79 Å². The molecule has 0 bridgehead atoms. The number of anilines is 1. The fourth-order valence-corrected chi connectivity index (χ4v) is 3.88.